The number of nitrogens with one attached hydrogen (secondary N) is 2. The molecule has 0 bridgehead atoms. The molecule has 11 heteroatoms. The number of para-hydroxylation sites is 1. The monoisotopic (exact) mass is 597 g/mol. The zero-order valence-electron chi connectivity index (χ0n) is 25.5. The number of amides is 1. The number of piperidine rings is 1. The predicted octanol–water partition coefficient (Wildman–Crippen LogP) is 3.94. The van der Waals surface area contributed by atoms with E-state index in [1.807, 2.05) is 35.2 Å². The molecule has 2 fully saturated rings. The highest BCUT2D eigenvalue weighted by molar-refractivity contribution is 5.98. The standard InChI is InChI=1S/C33H39N7O4/c1-38-16-18-39(19-17-38)24-11-14-40(15-12-24)32(41)23-9-8-22(28(20-23)43-2)21-29-35-27-10-13-34-30(27)31(37-29)36-26-7-5-4-6-25(26)33(42)44-3/h4-10,13,20,24,34H,11-12,14-19,21H2,1-3H3,(H,35,36,37). The molecule has 2 N–H and O–H groups in total. The van der Waals surface area contributed by atoms with Gasteiger partial charge in [0.2, 0.25) is 0 Å². The Kier molecular flexibility index (Phi) is 8.76. The summed E-state index contributed by atoms with van der Waals surface area (Å²) in [7, 11) is 5.14. The van der Waals surface area contributed by atoms with Gasteiger partial charge < -0.3 is 29.6 Å². The number of carbonyl (C=O) groups excluding carboxylic acids is 2. The fourth-order valence-electron chi connectivity index (χ4n) is 6.17. The number of hydrogen-bond donors (Lipinski definition) is 2. The van der Waals surface area contributed by atoms with Gasteiger partial charge in [-0.3, -0.25) is 9.69 Å². The van der Waals surface area contributed by atoms with Gasteiger partial charge in [0.05, 0.1) is 31.0 Å². The Hall–Kier alpha value is -4.48. The summed E-state index contributed by atoms with van der Waals surface area (Å²) in [5.41, 5.74) is 3.92. The summed E-state index contributed by atoms with van der Waals surface area (Å²) >= 11 is 0. The average Bonchev–Trinajstić information content (AvgIpc) is 3.54. The highest BCUT2D eigenvalue weighted by atomic mass is 16.5. The molecule has 0 unspecified atom stereocenters. The Balaban J connectivity index is 1.17. The lowest BCUT2D eigenvalue weighted by molar-refractivity contribution is 0.0518. The van der Waals surface area contributed by atoms with E-state index in [-0.39, 0.29) is 5.91 Å². The molecule has 4 aromatic rings. The minimum atomic E-state index is -0.441. The van der Waals surface area contributed by atoms with Crippen LogP contribution < -0.4 is 10.1 Å². The van der Waals surface area contributed by atoms with Crippen LogP contribution in [0.2, 0.25) is 0 Å². The van der Waals surface area contributed by atoms with Crippen LogP contribution >= 0.6 is 0 Å². The number of likely N-dealkylation sites (tertiary alicyclic amines) is 1. The molecule has 4 heterocycles. The summed E-state index contributed by atoms with van der Waals surface area (Å²) in [4.78, 5) is 45.5. The minimum Gasteiger partial charge on any atom is -0.496 e. The molecule has 0 radical (unpaired) electrons. The third-order valence-electron chi connectivity index (χ3n) is 8.73. The number of H-pyrrole nitrogens is 1. The Bertz CT molecular complexity index is 1640. The SMILES string of the molecule is COC(=O)c1ccccc1Nc1nc(Cc2ccc(C(=O)N3CCC(N4CCN(C)CC4)CC3)cc2OC)nc2cc[nH]c12. The maximum Gasteiger partial charge on any atom is 0.339 e. The fraction of sp³-hybridized carbons (Fsp3) is 0.394. The van der Waals surface area contributed by atoms with Crippen molar-refractivity contribution < 1.29 is 19.1 Å². The van der Waals surface area contributed by atoms with Crippen molar-refractivity contribution in [1.82, 2.24) is 29.7 Å². The second-order valence-electron chi connectivity index (χ2n) is 11.5. The number of hydrogen-bond acceptors (Lipinski definition) is 9. The van der Waals surface area contributed by atoms with Crippen molar-refractivity contribution in [3.8, 4) is 5.75 Å². The normalized spacial score (nSPS) is 16.7. The number of likely N-dealkylation sites (N-methyl/N-ethyl adjacent to an activating group) is 1. The van der Waals surface area contributed by atoms with Crippen molar-refractivity contribution in [2.24, 2.45) is 0 Å². The summed E-state index contributed by atoms with van der Waals surface area (Å²) in [5, 5.41) is 3.29. The highest BCUT2D eigenvalue weighted by Crippen LogP contribution is 2.29. The molecule has 1 amide bonds. The number of fused-ring (bicyclic) bond motifs is 1. The first kappa shape index (κ1) is 29.6. The topological polar surface area (TPSA) is 116 Å². The maximum absolute atomic E-state index is 13.5. The van der Waals surface area contributed by atoms with Crippen LogP contribution in [0.4, 0.5) is 11.5 Å². The van der Waals surface area contributed by atoms with Crippen molar-refractivity contribution in [3.05, 3.63) is 77.2 Å². The third-order valence-corrected chi connectivity index (χ3v) is 8.73. The number of rotatable bonds is 8. The number of carbonyl (C=O) groups is 2. The van der Waals surface area contributed by atoms with Gasteiger partial charge in [-0.05, 0) is 50.2 Å². The van der Waals surface area contributed by atoms with Crippen molar-refractivity contribution in [1.29, 1.82) is 0 Å². The molecule has 11 nitrogen and oxygen atoms in total. The smallest absolute Gasteiger partial charge is 0.339 e. The van der Waals surface area contributed by atoms with E-state index in [1.165, 1.54) is 7.11 Å². The molecule has 230 valence electrons. The van der Waals surface area contributed by atoms with Gasteiger partial charge in [-0.2, -0.15) is 0 Å². The fourth-order valence-corrected chi connectivity index (χ4v) is 6.17. The van der Waals surface area contributed by atoms with Gasteiger partial charge >= 0.3 is 5.97 Å². The summed E-state index contributed by atoms with van der Waals surface area (Å²) in [6, 6.07) is 15.2. The number of aromatic nitrogens is 3. The molecule has 6 rings (SSSR count). The van der Waals surface area contributed by atoms with Gasteiger partial charge in [0.15, 0.2) is 5.82 Å². The van der Waals surface area contributed by atoms with Crippen LogP contribution in [-0.2, 0) is 11.2 Å². The number of esters is 1. The number of anilines is 2. The van der Waals surface area contributed by atoms with Crippen LogP contribution in [0, 0.1) is 0 Å². The first-order valence-electron chi connectivity index (χ1n) is 15.1. The summed E-state index contributed by atoms with van der Waals surface area (Å²) < 4.78 is 10.7. The zero-order chi connectivity index (χ0) is 30.6. The Morgan fingerprint density at radius 1 is 0.977 bits per heavy atom. The van der Waals surface area contributed by atoms with Crippen LogP contribution in [0.15, 0.2) is 54.7 Å². The third kappa shape index (κ3) is 6.24. The van der Waals surface area contributed by atoms with Crippen LogP contribution in [0.1, 0.15) is 44.9 Å². The molecule has 2 aliphatic rings. The number of piperazine rings is 1. The number of methoxy groups -OCH3 is 2. The number of benzene rings is 2. The molecular weight excluding hydrogens is 558 g/mol. The van der Waals surface area contributed by atoms with Crippen LogP contribution in [0.3, 0.4) is 0 Å². The van der Waals surface area contributed by atoms with E-state index in [0.29, 0.717) is 46.7 Å². The van der Waals surface area contributed by atoms with E-state index in [0.717, 1.165) is 68.7 Å². The number of nitrogens with zero attached hydrogens (tertiary/aromatic N) is 5. The Morgan fingerprint density at radius 3 is 2.50 bits per heavy atom. The van der Waals surface area contributed by atoms with Gasteiger partial charge in [0.25, 0.3) is 5.91 Å². The molecular formula is C33H39N7O4. The molecule has 0 saturated carbocycles. The molecule has 0 aliphatic carbocycles. The molecule has 2 aliphatic heterocycles. The lowest BCUT2D eigenvalue weighted by Crippen LogP contribution is -2.52. The van der Waals surface area contributed by atoms with E-state index in [4.69, 9.17) is 19.4 Å². The second kappa shape index (κ2) is 13.0. The van der Waals surface area contributed by atoms with Gasteiger partial charge in [0.1, 0.15) is 17.1 Å². The van der Waals surface area contributed by atoms with Crippen LogP contribution in [0.5, 0.6) is 5.75 Å². The first-order valence-corrected chi connectivity index (χ1v) is 15.1. The lowest BCUT2D eigenvalue weighted by Gasteiger charge is -2.42. The number of aromatic amines is 1. The van der Waals surface area contributed by atoms with E-state index < -0.39 is 5.97 Å². The van der Waals surface area contributed by atoms with Gasteiger partial charge in [-0.25, -0.2) is 14.8 Å². The molecule has 2 saturated heterocycles. The van der Waals surface area contributed by atoms with E-state index in [9.17, 15) is 9.59 Å². The molecule has 2 aromatic carbocycles. The van der Waals surface area contributed by atoms with Crippen molar-refractivity contribution >= 4 is 34.4 Å². The number of ether oxygens (including phenoxy) is 2. The zero-order valence-corrected chi connectivity index (χ0v) is 25.5. The molecule has 44 heavy (non-hydrogen) atoms. The van der Waals surface area contributed by atoms with Gasteiger partial charge in [-0.15, -0.1) is 0 Å². The van der Waals surface area contributed by atoms with E-state index >= 15 is 0 Å². The maximum atomic E-state index is 13.5. The van der Waals surface area contributed by atoms with Gasteiger partial charge in [0, 0.05) is 69.1 Å². The molecule has 0 atom stereocenters. The quantitative estimate of drug-likeness (QED) is 0.292. The Labute approximate surface area is 257 Å². The minimum absolute atomic E-state index is 0.0347. The van der Waals surface area contributed by atoms with Crippen molar-refractivity contribution in [3.63, 3.8) is 0 Å². The Morgan fingerprint density at radius 2 is 1.75 bits per heavy atom. The van der Waals surface area contributed by atoms with Crippen molar-refractivity contribution in [2.75, 3.05) is 65.9 Å². The second-order valence-corrected chi connectivity index (χ2v) is 11.5. The summed E-state index contributed by atoms with van der Waals surface area (Å²) in [6.07, 6.45) is 4.20. The lowest BCUT2D eigenvalue weighted by atomic mass is 10.0. The van der Waals surface area contributed by atoms with Crippen molar-refractivity contribution in [2.45, 2.75) is 25.3 Å². The van der Waals surface area contributed by atoms with E-state index in [1.54, 1.807) is 31.5 Å². The highest BCUT2D eigenvalue weighted by Gasteiger charge is 2.29. The summed E-state index contributed by atoms with van der Waals surface area (Å²) in [6.45, 7) is 5.95. The van der Waals surface area contributed by atoms with Crippen LogP contribution in [-0.4, -0.2) is 108 Å². The van der Waals surface area contributed by atoms with Crippen LogP contribution in [0.25, 0.3) is 11.0 Å². The molecule has 0 spiro atoms. The van der Waals surface area contributed by atoms with E-state index in [2.05, 4.69) is 27.1 Å². The first-order chi connectivity index (χ1) is 21.4. The largest absolute Gasteiger partial charge is 0.496 e. The summed E-state index contributed by atoms with van der Waals surface area (Å²) in [5.74, 6) is 1.32. The average molecular weight is 598 g/mol. The molecule has 2 aromatic heterocycles. The predicted molar refractivity (Wildman–Crippen MR) is 169 cm³/mol. The van der Waals surface area contributed by atoms with Gasteiger partial charge in [-0.1, -0.05) is 18.2 Å².